The van der Waals surface area contributed by atoms with E-state index in [0.29, 0.717) is 11.1 Å². The highest BCUT2D eigenvalue weighted by molar-refractivity contribution is 5.88. The van der Waals surface area contributed by atoms with E-state index in [2.05, 4.69) is 5.10 Å². The van der Waals surface area contributed by atoms with Crippen LogP contribution in [0.15, 0.2) is 24.4 Å². The number of aryl methyl sites for hydroxylation is 1. The van der Waals surface area contributed by atoms with Gasteiger partial charge in [-0.2, -0.15) is 5.10 Å². The van der Waals surface area contributed by atoms with Crippen molar-refractivity contribution in [2.45, 2.75) is 19.8 Å². The van der Waals surface area contributed by atoms with Crippen LogP contribution >= 0.6 is 0 Å². The maximum Gasteiger partial charge on any atom is 0.335 e. The van der Waals surface area contributed by atoms with Crippen LogP contribution in [0.2, 0.25) is 0 Å². The summed E-state index contributed by atoms with van der Waals surface area (Å²) in [7, 11) is 1.78. The van der Waals surface area contributed by atoms with Crippen LogP contribution < -0.4 is 0 Å². The first-order valence-electron chi connectivity index (χ1n) is 5.97. The van der Waals surface area contributed by atoms with Gasteiger partial charge in [-0.15, -0.1) is 0 Å². The van der Waals surface area contributed by atoms with Crippen LogP contribution in [0.25, 0.3) is 11.1 Å². The highest BCUT2D eigenvalue weighted by atomic mass is 19.1. The first kappa shape index (κ1) is 13.3. The van der Waals surface area contributed by atoms with Gasteiger partial charge in [0.05, 0.1) is 11.3 Å². The number of halogens is 1. The third-order valence-corrected chi connectivity index (χ3v) is 2.91. The van der Waals surface area contributed by atoms with Crippen LogP contribution in [0.4, 0.5) is 4.39 Å². The summed E-state index contributed by atoms with van der Waals surface area (Å²) in [6.07, 6.45) is 1.74. The first-order valence-corrected chi connectivity index (χ1v) is 5.97. The van der Waals surface area contributed by atoms with E-state index < -0.39 is 11.8 Å². The van der Waals surface area contributed by atoms with E-state index in [1.54, 1.807) is 17.9 Å². The Bertz CT molecular complexity index is 632. The van der Waals surface area contributed by atoms with E-state index in [1.807, 2.05) is 13.8 Å². The zero-order valence-electron chi connectivity index (χ0n) is 11.0. The van der Waals surface area contributed by atoms with E-state index >= 15 is 0 Å². The van der Waals surface area contributed by atoms with Crippen molar-refractivity contribution in [3.05, 3.63) is 41.5 Å². The number of carbonyl (C=O) groups is 1. The number of hydrogen-bond donors (Lipinski definition) is 1. The highest BCUT2D eigenvalue weighted by Crippen LogP contribution is 2.30. The molecule has 2 aromatic rings. The minimum Gasteiger partial charge on any atom is -0.478 e. The van der Waals surface area contributed by atoms with Crippen LogP contribution in [-0.4, -0.2) is 20.9 Å². The molecular formula is C14H15FN2O2. The predicted octanol–water partition coefficient (Wildman–Crippen LogP) is 3.05. The van der Waals surface area contributed by atoms with Gasteiger partial charge >= 0.3 is 5.97 Å². The fraction of sp³-hybridized carbons (Fsp3) is 0.286. The molecule has 0 aliphatic rings. The number of nitrogens with zero attached hydrogens (tertiary/aromatic N) is 2. The molecule has 0 aliphatic heterocycles. The summed E-state index contributed by atoms with van der Waals surface area (Å²) in [5.74, 6) is -1.52. The summed E-state index contributed by atoms with van der Waals surface area (Å²) in [5.41, 5.74) is 1.81. The summed E-state index contributed by atoms with van der Waals surface area (Å²) in [6.45, 7) is 3.96. The number of aromatic carboxylic acids is 1. The summed E-state index contributed by atoms with van der Waals surface area (Å²) in [5, 5.41) is 13.2. The fourth-order valence-electron chi connectivity index (χ4n) is 2.01. The van der Waals surface area contributed by atoms with Crippen molar-refractivity contribution < 1.29 is 14.3 Å². The fourth-order valence-corrected chi connectivity index (χ4v) is 2.01. The maximum atomic E-state index is 14.0. The summed E-state index contributed by atoms with van der Waals surface area (Å²) >= 11 is 0. The summed E-state index contributed by atoms with van der Waals surface area (Å²) in [6, 6.07) is 3.92. The molecule has 5 heteroatoms. The Balaban J connectivity index is 2.56. The number of hydrogen-bond acceptors (Lipinski definition) is 2. The zero-order chi connectivity index (χ0) is 14.2. The third-order valence-electron chi connectivity index (χ3n) is 2.91. The lowest BCUT2D eigenvalue weighted by molar-refractivity contribution is 0.0696. The molecule has 19 heavy (non-hydrogen) atoms. The normalized spacial score (nSPS) is 11.0. The Labute approximate surface area is 110 Å². The Morgan fingerprint density at radius 1 is 1.37 bits per heavy atom. The van der Waals surface area contributed by atoms with Crippen LogP contribution in [0.3, 0.4) is 0 Å². The molecule has 0 bridgehead atoms. The molecule has 2 rings (SSSR count). The molecule has 4 nitrogen and oxygen atoms in total. The van der Waals surface area contributed by atoms with Gasteiger partial charge in [0.2, 0.25) is 0 Å². The average Bonchev–Trinajstić information content (AvgIpc) is 2.71. The monoisotopic (exact) mass is 262 g/mol. The van der Waals surface area contributed by atoms with Crippen molar-refractivity contribution in [2.24, 2.45) is 7.05 Å². The molecule has 1 N–H and O–H groups in total. The maximum absolute atomic E-state index is 14.0. The smallest absolute Gasteiger partial charge is 0.335 e. The minimum atomic E-state index is -1.14. The molecule has 1 aromatic heterocycles. The van der Waals surface area contributed by atoms with Gasteiger partial charge < -0.3 is 5.11 Å². The predicted molar refractivity (Wildman–Crippen MR) is 69.7 cm³/mol. The van der Waals surface area contributed by atoms with E-state index in [9.17, 15) is 9.18 Å². The van der Waals surface area contributed by atoms with Gasteiger partial charge in [0.15, 0.2) is 0 Å². The Morgan fingerprint density at radius 2 is 2.05 bits per heavy atom. The van der Waals surface area contributed by atoms with Crippen molar-refractivity contribution in [3.8, 4) is 11.1 Å². The first-order chi connectivity index (χ1) is 8.90. The molecule has 100 valence electrons. The number of benzene rings is 1. The molecule has 0 saturated carbocycles. The summed E-state index contributed by atoms with van der Waals surface area (Å²) < 4.78 is 15.7. The lowest BCUT2D eigenvalue weighted by Gasteiger charge is -2.07. The van der Waals surface area contributed by atoms with E-state index in [1.165, 1.54) is 12.1 Å². The molecule has 1 aromatic carbocycles. The van der Waals surface area contributed by atoms with Gasteiger partial charge in [-0.1, -0.05) is 19.9 Å². The topological polar surface area (TPSA) is 55.1 Å². The van der Waals surface area contributed by atoms with Crippen molar-refractivity contribution in [3.63, 3.8) is 0 Å². The van der Waals surface area contributed by atoms with Gasteiger partial charge in [-0.05, 0) is 18.1 Å². The SMILES string of the molecule is CC(C)c1nn(C)cc1-c1ccc(C(=O)O)cc1F. The van der Waals surface area contributed by atoms with Crippen LogP contribution in [0.5, 0.6) is 0 Å². The standard InChI is InChI=1S/C14H15FN2O2/c1-8(2)13-11(7-17(3)16-13)10-5-4-9(14(18)19)6-12(10)15/h4-8H,1-3H3,(H,18,19). The Kier molecular flexibility index (Phi) is 3.38. The van der Waals surface area contributed by atoms with E-state index in [4.69, 9.17) is 5.11 Å². The minimum absolute atomic E-state index is 0.0590. The molecule has 1 heterocycles. The second-order valence-corrected chi connectivity index (χ2v) is 4.76. The molecule has 0 fully saturated rings. The van der Waals surface area contributed by atoms with E-state index in [-0.39, 0.29) is 11.5 Å². The molecule has 0 unspecified atom stereocenters. The van der Waals surface area contributed by atoms with Gasteiger partial charge in [0.25, 0.3) is 0 Å². The largest absolute Gasteiger partial charge is 0.478 e. The van der Waals surface area contributed by atoms with Gasteiger partial charge in [-0.25, -0.2) is 9.18 Å². The van der Waals surface area contributed by atoms with Gasteiger partial charge in [0.1, 0.15) is 5.82 Å². The van der Waals surface area contributed by atoms with Crippen molar-refractivity contribution in [1.82, 2.24) is 9.78 Å². The second-order valence-electron chi connectivity index (χ2n) is 4.76. The molecule has 0 saturated heterocycles. The highest BCUT2D eigenvalue weighted by Gasteiger charge is 2.17. The lowest BCUT2D eigenvalue weighted by atomic mass is 9.99. The Morgan fingerprint density at radius 3 is 2.58 bits per heavy atom. The van der Waals surface area contributed by atoms with Crippen LogP contribution in [-0.2, 0) is 7.05 Å². The lowest BCUT2D eigenvalue weighted by Crippen LogP contribution is -1.98. The van der Waals surface area contributed by atoms with E-state index in [0.717, 1.165) is 11.8 Å². The van der Waals surface area contributed by atoms with Crippen molar-refractivity contribution >= 4 is 5.97 Å². The molecule has 0 amide bonds. The van der Waals surface area contributed by atoms with Crippen molar-refractivity contribution in [1.29, 1.82) is 0 Å². The molecule has 0 atom stereocenters. The molecule has 0 radical (unpaired) electrons. The van der Waals surface area contributed by atoms with Gasteiger partial charge in [0, 0.05) is 24.4 Å². The number of rotatable bonds is 3. The molecule has 0 aliphatic carbocycles. The number of aromatic nitrogens is 2. The second kappa shape index (κ2) is 4.84. The zero-order valence-corrected chi connectivity index (χ0v) is 11.0. The Hall–Kier alpha value is -2.17. The number of carboxylic acids is 1. The van der Waals surface area contributed by atoms with Crippen LogP contribution in [0.1, 0.15) is 35.8 Å². The quantitative estimate of drug-likeness (QED) is 0.924. The van der Waals surface area contributed by atoms with Gasteiger partial charge in [-0.3, -0.25) is 4.68 Å². The van der Waals surface area contributed by atoms with Crippen LogP contribution in [0, 0.1) is 5.82 Å². The van der Waals surface area contributed by atoms with Crippen molar-refractivity contribution in [2.75, 3.05) is 0 Å². The summed E-state index contributed by atoms with van der Waals surface area (Å²) in [4.78, 5) is 10.8. The molecular weight excluding hydrogens is 247 g/mol. The third kappa shape index (κ3) is 2.50. The molecule has 0 spiro atoms. The average molecular weight is 262 g/mol. The number of carboxylic acid groups (broad SMARTS) is 1.